The van der Waals surface area contributed by atoms with E-state index in [4.69, 9.17) is 4.74 Å². The molecule has 1 rings (SSSR count). The van der Waals surface area contributed by atoms with Crippen LogP contribution in [0.25, 0.3) is 0 Å². The van der Waals surface area contributed by atoms with Gasteiger partial charge >= 0.3 is 0 Å². The van der Waals surface area contributed by atoms with Crippen molar-refractivity contribution in [3.63, 3.8) is 0 Å². The molecule has 0 radical (unpaired) electrons. The fourth-order valence-electron chi connectivity index (χ4n) is 0.658. The van der Waals surface area contributed by atoms with Crippen LogP contribution in [0.15, 0.2) is 24.6 Å². The second kappa shape index (κ2) is 3.17. The van der Waals surface area contributed by atoms with Crippen molar-refractivity contribution in [3.05, 3.63) is 24.6 Å². The van der Waals surface area contributed by atoms with E-state index in [1.165, 1.54) is 0 Å². The lowest BCUT2D eigenvalue weighted by Crippen LogP contribution is -2.17. The molecular formula is C7H11NO. The summed E-state index contributed by atoms with van der Waals surface area (Å²) in [5.41, 5.74) is 0. The predicted molar refractivity (Wildman–Crippen MR) is 36.6 cm³/mol. The van der Waals surface area contributed by atoms with Gasteiger partial charge in [0.1, 0.15) is 6.26 Å². The molecule has 1 heterocycles. The van der Waals surface area contributed by atoms with Gasteiger partial charge in [0.15, 0.2) is 6.23 Å². The van der Waals surface area contributed by atoms with E-state index in [1.807, 2.05) is 6.08 Å². The molecule has 0 saturated heterocycles. The molecule has 0 aromatic heterocycles. The largest absolute Gasteiger partial charge is 0.473 e. The second-order valence-electron chi connectivity index (χ2n) is 1.86. The highest BCUT2D eigenvalue weighted by Crippen LogP contribution is 1.98. The van der Waals surface area contributed by atoms with Crippen molar-refractivity contribution in [1.29, 1.82) is 0 Å². The van der Waals surface area contributed by atoms with Crippen LogP contribution in [-0.2, 0) is 4.74 Å². The number of ether oxygens (including phenoxy) is 1. The Morgan fingerprint density at radius 3 is 3.22 bits per heavy atom. The number of hydrogen-bond acceptors (Lipinski definition) is 2. The van der Waals surface area contributed by atoms with E-state index in [-0.39, 0.29) is 6.23 Å². The highest BCUT2D eigenvalue weighted by Gasteiger charge is 2.02. The number of rotatable bonds is 2. The molecule has 9 heavy (non-hydrogen) atoms. The molecule has 0 aromatic carbocycles. The Bertz CT molecular complexity index is 121. The highest BCUT2D eigenvalue weighted by molar-refractivity contribution is 4.95. The van der Waals surface area contributed by atoms with E-state index in [2.05, 4.69) is 18.3 Å². The zero-order chi connectivity index (χ0) is 6.53. The predicted octanol–water partition coefficient (Wildman–Crippen LogP) is 1.37. The van der Waals surface area contributed by atoms with Crippen molar-refractivity contribution in [2.24, 2.45) is 0 Å². The summed E-state index contributed by atoms with van der Waals surface area (Å²) >= 11 is 0. The van der Waals surface area contributed by atoms with Crippen LogP contribution in [-0.4, -0.2) is 6.23 Å². The molecule has 2 heteroatoms. The summed E-state index contributed by atoms with van der Waals surface area (Å²) in [6.07, 6.45) is 8.66. The van der Waals surface area contributed by atoms with Gasteiger partial charge in [0, 0.05) is 6.20 Å². The van der Waals surface area contributed by atoms with E-state index >= 15 is 0 Å². The first-order chi connectivity index (χ1) is 4.43. The zero-order valence-corrected chi connectivity index (χ0v) is 5.50. The third-order valence-corrected chi connectivity index (χ3v) is 1.10. The molecule has 0 aliphatic carbocycles. The minimum atomic E-state index is 0.0740. The molecule has 0 saturated carbocycles. The first-order valence-electron chi connectivity index (χ1n) is 3.16. The van der Waals surface area contributed by atoms with Crippen molar-refractivity contribution in [1.82, 2.24) is 5.32 Å². The first kappa shape index (κ1) is 6.20. The molecule has 0 aromatic rings. The minimum Gasteiger partial charge on any atom is -0.473 e. The van der Waals surface area contributed by atoms with Crippen molar-refractivity contribution >= 4 is 0 Å². The third kappa shape index (κ3) is 1.80. The molecular weight excluding hydrogens is 114 g/mol. The zero-order valence-electron chi connectivity index (χ0n) is 5.50. The lowest BCUT2D eigenvalue weighted by atomic mass is 10.4. The Morgan fingerprint density at radius 2 is 2.67 bits per heavy atom. The van der Waals surface area contributed by atoms with Gasteiger partial charge in [-0.3, -0.25) is 0 Å². The maximum atomic E-state index is 5.08. The highest BCUT2D eigenvalue weighted by atomic mass is 16.5. The molecule has 1 unspecified atom stereocenters. The van der Waals surface area contributed by atoms with Crippen molar-refractivity contribution < 1.29 is 4.74 Å². The molecule has 0 fully saturated rings. The Hall–Kier alpha value is -0.920. The summed E-state index contributed by atoms with van der Waals surface area (Å²) in [5, 5.41) is 3.00. The molecule has 50 valence electrons. The van der Waals surface area contributed by atoms with Gasteiger partial charge < -0.3 is 10.1 Å². The van der Waals surface area contributed by atoms with Crippen molar-refractivity contribution in [3.8, 4) is 0 Å². The van der Waals surface area contributed by atoms with Crippen LogP contribution >= 0.6 is 0 Å². The minimum absolute atomic E-state index is 0.0740. The molecule has 0 amide bonds. The van der Waals surface area contributed by atoms with Crippen LogP contribution in [0.5, 0.6) is 0 Å². The smallest absolute Gasteiger partial charge is 0.188 e. The van der Waals surface area contributed by atoms with E-state index in [0.29, 0.717) is 0 Å². The summed E-state index contributed by atoms with van der Waals surface area (Å²) in [4.78, 5) is 0. The lowest BCUT2D eigenvalue weighted by Gasteiger charge is -2.03. The summed E-state index contributed by atoms with van der Waals surface area (Å²) < 4.78 is 5.08. The summed E-state index contributed by atoms with van der Waals surface area (Å²) in [7, 11) is 0. The number of allylic oxidation sites excluding steroid dienone is 1. The SMILES string of the molecule is CC/C=C\C1NC=CO1. The first-order valence-corrected chi connectivity index (χ1v) is 3.16. The summed E-state index contributed by atoms with van der Waals surface area (Å²) in [6, 6.07) is 0. The van der Waals surface area contributed by atoms with Crippen LogP contribution in [0, 0.1) is 0 Å². The lowest BCUT2D eigenvalue weighted by molar-refractivity contribution is 0.197. The van der Waals surface area contributed by atoms with Crippen molar-refractivity contribution in [2.75, 3.05) is 0 Å². The Labute approximate surface area is 55.2 Å². The van der Waals surface area contributed by atoms with Gasteiger partial charge in [0.2, 0.25) is 0 Å². The van der Waals surface area contributed by atoms with E-state index in [9.17, 15) is 0 Å². The van der Waals surface area contributed by atoms with Crippen LogP contribution in [0.1, 0.15) is 13.3 Å². The van der Waals surface area contributed by atoms with Crippen LogP contribution in [0.3, 0.4) is 0 Å². The van der Waals surface area contributed by atoms with Gasteiger partial charge in [-0.1, -0.05) is 13.0 Å². The normalized spacial score (nSPS) is 24.3. The summed E-state index contributed by atoms with van der Waals surface area (Å²) in [6.45, 7) is 2.10. The van der Waals surface area contributed by atoms with Gasteiger partial charge in [-0.25, -0.2) is 0 Å². The Morgan fingerprint density at radius 1 is 1.78 bits per heavy atom. The van der Waals surface area contributed by atoms with Gasteiger partial charge in [-0.05, 0) is 12.5 Å². The number of hydrogen-bond donors (Lipinski definition) is 1. The average molecular weight is 125 g/mol. The van der Waals surface area contributed by atoms with E-state index in [1.54, 1.807) is 12.5 Å². The molecule has 0 bridgehead atoms. The van der Waals surface area contributed by atoms with Gasteiger partial charge in [0.25, 0.3) is 0 Å². The maximum absolute atomic E-state index is 5.08. The molecule has 1 aliphatic heterocycles. The van der Waals surface area contributed by atoms with E-state index < -0.39 is 0 Å². The van der Waals surface area contributed by atoms with Gasteiger partial charge in [-0.2, -0.15) is 0 Å². The fraction of sp³-hybridized carbons (Fsp3) is 0.429. The Kier molecular flexibility index (Phi) is 2.19. The average Bonchev–Trinajstić information content (AvgIpc) is 2.34. The van der Waals surface area contributed by atoms with Gasteiger partial charge in [-0.15, -0.1) is 0 Å². The van der Waals surface area contributed by atoms with Crippen LogP contribution in [0.2, 0.25) is 0 Å². The fourth-order valence-corrected chi connectivity index (χ4v) is 0.658. The molecule has 0 spiro atoms. The van der Waals surface area contributed by atoms with Gasteiger partial charge in [0.05, 0.1) is 0 Å². The summed E-state index contributed by atoms with van der Waals surface area (Å²) in [5.74, 6) is 0. The number of nitrogens with one attached hydrogen (secondary N) is 1. The van der Waals surface area contributed by atoms with Crippen molar-refractivity contribution in [2.45, 2.75) is 19.6 Å². The third-order valence-electron chi connectivity index (χ3n) is 1.10. The maximum Gasteiger partial charge on any atom is 0.188 e. The monoisotopic (exact) mass is 125 g/mol. The standard InChI is InChI=1S/C7H11NO/c1-2-3-4-7-8-5-6-9-7/h3-8H,2H2,1H3/b4-3-. The van der Waals surface area contributed by atoms with Crippen LogP contribution < -0.4 is 5.32 Å². The molecule has 1 aliphatic rings. The topological polar surface area (TPSA) is 21.3 Å². The second-order valence-corrected chi connectivity index (χ2v) is 1.86. The van der Waals surface area contributed by atoms with Crippen LogP contribution in [0.4, 0.5) is 0 Å². The Balaban J connectivity index is 2.21. The molecule has 1 N–H and O–H groups in total. The quantitative estimate of drug-likeness (QED) is 0.563. The molecule has 2 nitrogen and oxygen atoms in total. The van der Waals surface area contributed by atoms with E-state index in [0.717, 1.165) is 6.42 Å². The molecule has 1 atom stereocenters.